The van der Waals surface area contributed by atoms with Gasteiger partial charge in [0.25, 0.3) is 0 Å². The number of carbonyl (C=O) groups is 1. The van der Waals surface area contributed by atoms with E-state index in [9.17, 15) is 4.79 Å². The fraction of sp³-hybridized carbons (Fsp3) is 0.588. The number of likely N-dealkylation sites (tertiary alicyclic amines) is 1. The highest BCUT2D eigenvalue weighted by Crippen LogP contribution is 2.22. The van der Waals surface area contributed by atoms with Crippen LogP contribution in [-0.2, 0) is 11.3 Å². The van der Waals surface area contributed by atoms with Gasteiger partial charge >= 0.3 is 0 Å². The predicted octanol–water partition coefficient (Wildman–Crippen LogP) is 1.47. The van der Waals surface area contributed by atoms with Crippen molar-refractivity contribution < 1.29 is 4.79 Å². The summed E-state index contributed by atoms with van der Waals surface area (Å²) in [6.45, 7) is 5.65. The lowest BCUT2D eigenvalue weighted by molar-refractivity contribution is -0.136. The van der Waals surface area contributed by atoms with Crippen LogP contribution in [0.1, 0.15) is 24.8 Å². The van der Waals surface area contributed by atoms with Crippen molar-refractivity contribution in [1.29, 1.82) is 0 Å². The first-order chi connectivity index (χ1) is 10.3. The first kappa shape index (κ1) is 14.5. The smallest absolute Gasteiger partial charge is 0.239 e. The molecule has 2 aliphatic rings. The standard InChI is InChI=1S/C17H25N3O/c21-17(19-12-5-9-18-10-13-19)16-8-4-11-20(16)14-15-6-2-1-3-7-15/h1-3,6-7,16,18H,4-5,8-14H2. The molecule has 1 aromatic rings. The number of nitrogens with one attached hydrogen (secondary N) is 1. The molecule has 114 valence electrons. The molecule has 21 heavy (non-hydrogen) atoms. The van der Waals surface area contributed by atoms with Crippen LogP contribution >= 0.6 is 0 Å². The summed E-state index contributed by atoms with van der Waals surface area (Å²) in [5, 5.41) is 3.37. The summed E-state index contributed by atoms with van der Waals surface area (Å²) in [5.41, 5.74) is 1.30. The van der Waals surface area contributed by atoms with Crippen molar-refractivity contribution in [2.24, 2.45) is 0 Å². The van der Waals surface area contributed by atoms with E-state index >= 15 is 0 Å². The van der Waals surface area contributed by atoms with E-state index in [1.165, 1.54) is 5.56 Å². The summed E-state index contributed by atoms with van der Waals surface area (Å²) in [6.07, 6.45) is 3.21. The van der Waals surface area contributed by atoms with Gasteiger partial charge in [-0.15, -0.1) is 0 Å². The number of nitrogens with zero attached hydrogens (tertiary/aromatic N) is 2. The van der Waals surface area contributed by atoms with Gasteiger partial charge in [0.2, 0.25) is 5.91 Å². The van der Waals surface area contributed by atoms with E-state index in [0.29, 0.717) is 5.91 Å². The van der Waals surface area contributed by atoms with Gasteiger partial charge in [0.1, 0.15) is 0 Å². The minimum absolute atomic E-state index is 0.0864. The van der Waals surface area contributed by atoms with Gasteiger partial charge in [-0.05, 0) is 37.9 Å². The van der Waals surface area contributed by atoms with E-state index < -0.39 is 0 Å². The van der Waals surface area contributed by atoms with Gasteiger partial charge in [0.15, 0.2) is 0 Å². The Labute approximate surface area is 127 Å². The molecule has 2 heterocycles. The lowest BCUT2D eigenvalue weighted by Crippen LogP contribution is -2.46. The highest BCUT2D eigenvalue weighted by atomic mass is 16.2. The van der Waals surface area contributed by atoms with Crippen LogP contribution in [0, 0.1) is 0 Å². The summed E-state index contributed by atoms with van der Waals surface area (Å²) in [4.78, 5) is 17.2. The second-order valence-corrected chi connectivity index (χ2v) is 6.04. The maximum absolute atomic E-state index is 12.8. The Morgan fingerprint density at radius 1 is 1.10 bits per heavy atom. The molecule has 0 spiro atoms. The Morgan fingerprint density at radius 3 is 2.81 bits per heavy atom. The van der Waals surface area contributed by atoms with E-state index in [-0.39, 0.29) is 6.04 Å². The van der Waals surface area contributed by atoms with Crippen LogP contribution in [0.4, 0.5) is 0 Å². The lowest BCUT2D eigenvalue weighted by Gasteiger charge is -2.29. The molecule has 4 nitrogen and oxygen atoms in total. The molecule has 0 radical (unpaired) electrons. The summed E-state index contributed by atoms with van der Waals surface area (Å²) in [5.74, 6) is 0.340. The van der Waals surface area contributed by atoms with Crippen LogP contribution in [0.15, 0.2) is 30.3 Å². The lowest BCUT2D eigenvalue weighted by atomic mass is 10.1. The van der Waals surface area contributed by atoms with Crippen molar-refractivity contribution >= 4 is 5.91 Å². The number of rotatable bonds is 3. The van der Waals surface area contributed by atoms with Crippen LogP contribution in [-0.4, -0.2) is 54.5 Å². The first-order valence-corrected chi connectivity index (χ1v) is 8.12. The fourth-order valence-corrected chi connectivity index (χ4v) is 3.39. The van der Waals surface area contributed by atoms with E-state index in [1.54, 1.807) is 0 Å². The fourth-order valence-electron chi connectivity index (χ4n) is 3.39. The number of hydrogen-bond acceptors (Lipinski definition) is 3. The summed E-state index contributed by atoms with van der Waals surface area (Å²) in [6, 6.07) is 10.6. The van der Waals surface area contributed by atoms with Crippen molar-refractivity contribution in [3.05, 3.63) is 35.9 Å². The third kappa shape index (κ3) is 3.63. The molecule has 2 fully saturated rings. The molecule has 1 unspecified atom stereocenters. The van der Waals surface area contributed by atoms with Crippen LogP contribution < -0.4 is 5.32 Å². The average molecular weight is 287 g/mol. The first-order valence-electron chi connectivity index (χ1n) is 8.12. The molecule has 1 atom stereocenters. The maximum atomic E-state index is 12.8. The number of hydrogen-bond donors (Lipinski definition) is 1. The van der Waals surface area contributed by atoms with Gasteiger partial charge < -0.3 is 10.2 Å². The molecule has 1 N–H and O–H groups in total. The summed E-state index contributed by atoms with van der Waals surface area (Å²) >= 11 is 0. The molecule has 0 aromatic heterocycles. The molecule has 2 aliphatic heterocycles. The highest BCUT2D eigenvalue weighted by Gasteiger charge is 2.33. The van der Waals surface area contributed by atoms with Crippen LogP contribution in [0.2, 0.25) is 0 Å². The maximum Gasteiger partial charge on any atom is 0.239 e. The Bertz CT molecular complexity index is 454. The van der Waals surface area contributed by atoms with Crippen molar-refractivity contribution in [3.63, 3.8) is 0 Å². The van der Waals surface area contributed by atoms with E-state index in [4.69, 9.17) is 0 Å². The zero-order valence-corrected chi connectivity index (χ0v) is 12.6. The largest absolute Gasteiger partial charge is 0.340 e. The van der Waals surface area contributed by atoms with E-state index in [1.807, 2.05) is 6.07 Å². The molecular formula is C17H25N3O. The van der Waals surface area contributed by atoms with Gasteiger partial charge in [0, 0.05) is 26.2 Å². The van der Waals surface area contributed by atoms with Gasteiger partial charge in [-0.2, -0.15) is 0 Å². The van der Waals surface area contributed by atoms with E-state index in [2.05, 4.69) is 39.4 Å². The Morgan fingerprint density at radius 2 is 1.95 bits per heavy atom. The van der Waals surface area contributed by atoms with Gasteiger partial charge in [-0.3, -0.25) is 9.69 Å². The highest BCUT2D eigenvalue weighted by molar-refractivity contribution is 5.82. The second kappa shape index (κ2) is 7.05. The Kier molecular flexibility index (Phi) is 4.88. The zero-order valence-electron chi connectivity index (χ0n) is 12.6. The quantitative estimate of drug-likeness (QED) is 0.914. The number of benzene rings is 1. The molecule has 0 bridgehead atoms. The van der Waals surface area contributed by atoms with Crippen LogP contribution in [0.5, 0.6) is 0 Å². The predicted molar refractivity (Wildman–Crippen MR) is 83.9 cm³/mol. The average Bonchev–Trinajstić information content (AvgIpc) is 2.80. The van der Waals surface area contributed by atoms with Crippen molar-refractivity contribution in [2.45, 2.75) is 31.8 Å². The van der Waals surface area contributed by atoms with Gasteiger partial charge in [-0.25, -0.2) is 0 Å². The molecule has 3 rings (SSSR count). The Balaban J connectivity index is 1.64. The normalized spacial score (nSPS) is 24.0. The number of carbonyl (C=O) groups excluding carboxylic acids is 1. The minimum atomic E-state index is 0.0864. The van der Waals surface area contributed by atoms with Crippen LogP contribution in [0.3, 0.4) is 0 Å². The van der Waals surface area contributed by atoms with Crippen molar-refractivity contribution in [3.8, 4) is 0 Å². The third-order valence-electron chi connectivity index (χ3n) is 4.53. The molecule has 0 saturated carbocycles. The third-order valence-corrected chi connectivity index (χ3v) is 4.53. The van der Waals surface area contributed by atoms with E-state index in [0.717, 1.165) is 58.5 Å². The SMILES string of the molecule is O=C(C1CCCN1Cc1ccccc1)N1CCCNCC1. The Hall–Kier alpha value is -1.39. The summed E-state index contributed by atoms with van der Waals surface area (Å²) < 4.78 is 0. The zero-order chi connectivity index (χ0) is 14.5. The summed E-state index contributed by atoms with van der Waals surface area (Å²) in [7, 11) is 0. The van der Waals surface area contributed by atoms with Gasteiger partial charge in [0.05, 0.1) is 6.04 Å². The van der Waals surface area contributed by atoms with Crippen molar-refractivity contribution in [1.82, 2.24) is 15.1 Å². The second-order valence-electron chi connectivity index (χ2n) is 6.04. The van der Waals surface area contributed by atoms with Crippen molar-refractivity contribution in [2.75, 3.05) is 32.7 Å². The topological polar surface area (TPSA) is 35.6 Å². The molecule has 0 aliphatic carbocycles. The van der Waals surface area contributed by atoms with Gasteiger partial charge in [-0.1, -0.05) is 30.3 Å². The molecule has 2 saturated heterocycles. The molecular weight excluding hydrogens is 262 g/mol. The monoisotopic (exact) mass is 287 g/mol. The minimum Gasteiger partial charge on any atom is -0.340 e. The molecule has 4 heteroatoms. The number of amides is 1. The van der Waals surface area contributed by atoms with Crippen LogP contribution in [0.25, 0.3) is 0 Å². The molecule has 1 amide bonds. The molecule has 1 aromatic carbocycles.